The number of amides is 1. The molecule has 0 heterocycles. The third kappa shape index (κ3) is 5.33. The fraction of sp³-hybridized carbons (Fsp3) is 0.240. The van der Waals surface area contributed by atoms with Crippen molar-refractivity contribution >= 4 is 27.3 Å². The van der Waals surface area contributed by atoms with Gasteiger partial charge in [-0.2, -0.15) is 0 Å². The first-order valence-corrected chi connectivity index (χ1v) is 11.6. The maximum Gasteiger partial charge on any atom is 0.261 e. The lowest BCUT2D eigenvalue weighted by Gasteiger charge is -2.19. The zero-order valence-corrected chi connectivity index (χ0v) is 19.3. The van der Waals surface area contributed by atoms with Crippen molar-refractivity contribution < 1.29 is 13.2 Å². The molecule has 31 heavy (non-hydrogen) atoms. The molecule has 0 aliphatic carbocycles. The fourth-order valence-electron chi connectivity index (χ4n) is 3.21. The Kier molecular flexibility index (Phi) is 6.23. The van der Waals surface area contributed by atoms with Crippen LogP contribution in [0.1, 0.15) is 47.8 Å². The van der Waals surface area contributed by atoms with Gasteiger partial charge in [0.25, 0.3) is 15.9 Å². The second-order valence-corrected chi connectivity index (χ2v) is 10.4. The van der Waals surface area contributed by atoms with E-state index in [-0.39, 0.29) is 16.2 Å². The standard InChI is InChI=1S/C25H28N2O3S/c1-17-7-6-8-18(2)23(17)27-31(29,30)22-15-13-21(14-16-22)26-24(28)19-9-11-20(12-10-19)25(3,4)5/h6-16,27H,1-5H3,(H,26,28). The van der Waals surface area contributed by atoms with Crippen LogP contribution in [0.2, 0.25) is 0 Å². The Hall–Kier alpha value is -3.12. The lowest BCUT2D eigenvalue weighted by molar-refractivity contribution is 0.102. The van der Waals surface area contributed by atoms with Crippen molar-refractivity contribution in [3.8, 4) is 0 Å². The Morgan fingerprint density at radius 3 is 1.87 bits per heavy atom. The van der Waals surface area contributed by atoms with Gasteiger partial charge in [0.2, 0.25) is 0 Å². The molecule has 1 amide bonds. The van der Waals surface area contributed by atoms with E-state index >= 15 is 0 Å². The van der Waals surface area contributed by atoms with Gasteiger partial charge in [0.05, 0.1) is 10.6 Å². The zero-order chi connectivity index (χ0) is 22.8. The molecule has 0 bridgehead atoms. The molecule has 0 unspecified atom stereocenters. The number of hydrogen-bond acceptors (Lipinski definition) is 3. The molecule has 0 spiro atoms. The van der Waals surface area contributed by atoms with Crippen molar-refractivity contribution in [3.63, 3.8) is 0 Å². The molecule has 162 valence electrons. The van der Waals surface area contributed by atoms with Gasteiger partial charge in [0.1, 0.15) is 0 Å². The lowest BCUT2D eigenvalue weighted by atomic mass is 9.87. The summed E-state index contributed by atoms with van der Waals surface area (Å²) in [5.74, 6) is -0.246. The van der Waals surface area contributed by atoms with Gasteiger partial charge in [-0.15, -0.1) is 0 Å². The Labute approximate surface area is 184 Å². The smallest absolute Gasteiger partial charge is 0.261 e. The van der Waals surface area contributed by atoms with Crippen LogP contribution in [0.15, 0.2) is 71.6 Å². The molecular formula is C25H28N2O3S. The molecule has 0 atom stereocenters. The maximum atomic E-state index is 12.8. The Morgan fingerprint density at radius 2 is 1.35 bits per heavy atom. The van der Waals surface area contributed by atoms with Gasteiger partial charge < -0.3 is 5.32 Å². The van der Waals surface area contributed by atoms with Crippen LogP contribution in [-0.2, 0) is 15.4 Å². The van der Waals surface area contributed by atoms with E-state index in [4.69, 9.17) is 0 Å². The quantitative estimate of drug-likeness (QED) is 0.542. The summed E-state index contributed by atoms with van der Waals surface area (Å²) in [5.41, 5.74) is 4.52. The molecule has 3 aromatic carbocycles. The third-order valence-electron chi connectivity index (χ3n) is 5.15. The van der Waals surface area contributed by atoms with E-state index < -0.39 is 10.0 Å². The summed E-state index contributed by atoms with van der Waals surface area (Å²) in [6, 6.07) is 19.2. The molecular weight excluding hydrogens is 408 g/mol. The molecule has 2 N–H and O–H groups in total. The lowest BCUT2D eigenvalue weighted by Crippen LogP contribution is -2.16. The number of rotatable bonds is 5. The van der Waals surface area contributed by atoms with Gasteiger partial charge in [-0.3, -0.25) is 9.52 Å². The highest BCUT2D eigenvalue weighted by Gasteiger charge is 2.17. The van der Waals surface area contributed by atoms with Crippen LogP contribution in [0.25, 0.3) is 0 Å². The number of sulfonamides is 1. The van der Waals surface area contributed by atoms with Gasteiger partial charge in [0, 0.05) is 11.3 Å². The number of carbonyl (C=O) groups excluding carboxylic acids is 1. The van der Waals surface area contributed by atoms with E-state index in [0.29, 0.717) is 16.9 Å². The monoisotopic (exact) mass is 436 g/mol. The average Bonchev–Trinajstić information content (AvgIpc) is 2.71. The van der Waals surface area contributed by atoms with E-state index in [2.05, 4.69) is 30.8 Å². The van der Waals surface area contributed by atoms with Crippen LogP contribution in [-0.4, -0.2) is 14.3 Å². The van der Waals surface area contributed by atoms with Crippen LogP contribution in [0.4, 0.5) is 11.4 Å². The average molecular weight is 437 g/mol. The summed E-state index contributed by atoms with van der Waals surface area (Å²) in [6.07, 6.45) is 0. The predicted octanol–water partition coefficient (Wildman–Crippen LogP) is 5.65. The third-order valence-corrected chi connectivity index (χ3v) is 6.52. The molecule has 0 saturated carbocycles. The normalized spacial score (nSPS) is 11.8. The molecule has 0 saturated heterocycles. The SMILES string of the molecule is Cc1cccc(C)c1NS(=O)(=O)c1ccc(NC(=O)c2ccc(C(C)(C)C)cc2)cc1. The molecule has 0 fully saturated rings. The van der Waals surface area contributed by atoms with Gasteiger partial charge in [0.15, 0.2) is 0 Å². The highest BCUT2D eigenvalue weighted by atomic mass is 32.2. The minimum Gasteiger partial charge on any atom is -0.322 e. The van der Waals surface area contributed by atoms with Gasteiger partial charge in [-0.1, -0.05) is 51.1 Å². The number of benzene rings is 3. The number of carbonyl (C=O) groups is 1. The highest BCUT2D eigenvalue weighted by Crippen LogP contribution is 2.25. The molecule has 0 aliphatic heterocycles. The van der Waals surface area contributed by atoms with Crippen molar-refractivity contribution in [2.24, 2.45) is 0 Å². The molecule has 0 aromatic heterocycles. The first kappa shape index (κ1) is 22.6. The van der Waals surface area contributed by atoms with Crippen molar-refractivity contribution in [1.29, 1.82) is 0 Å². The number of anilines is 2. The minimum atomic E-state index is -3.74. The summed E-state index contributed by atoms with van der Waals surface area (Å²) >= 11 is 0. The van der Waals surface area contributed by atoms with Gasteiger partial charge in [-0.25, -0.2) is 8.42 Å². The van der Waals surface area contributed by atoms with E-state index in [9.17, 15) is 13.2 Å². The van der Waals surface area contributed by atoms with E-state index in [0.717, 1.165) is 16.7 Å². The Bertz CT molecular complexity index is 1170. The van der Waals surface area contributed by atoms with Crippen LogP contribution in [0.5, 0.6) is 0 Å². The number of hydrogen-bond donors (Lipinski definition) is 2. The Balaban J connectivity index is 1.73. The minimum absolute atomic E-state index is 0.0151. The van der Waals surface area contributed by atoms with E-state index in [1.165, 1.54) is 12.1 Å². The summed E-state index contributed by atoms with van der Waals surface area (Å²) in [5, 5.41) is 2.81. The number of para-hydroxylation sites is 1. The van der Waals surface area contributed by atoms with Crippen molar-refractivity contribution in [2.45, 2.75) is 44.9 Å². The summed E-state index contributed by atoms with van der Waals surface area (Å²) < 4.78 is 28.2. The van der Waals surface area contributed by atoms with Crippen LogP contribution in [0.3, 0.4) is 0 Å². The molecule has 3 aromatic rings. The van der Waals surface area contributed by atoms with Crippen LogP contribution in [0, 0.1) is 13.8 Å². The largest absolute Gasteiger partial charge is 0.322 e. The van der Waals surface area contributed by atoms with Crippen molar-refractivity contribution in [1.82, 2.24) is 0 Å². The maximum absolute atomic E-state index is 12.8. The first-order chi connectivity index (χ1) is 14.5. The zero-order valence-electron chi connectivity index (χ0n) is 18.5. The van der Waals surface area contributed by atoms with Crippen molar-refractivity contribution in [3.05, 3.63) is 89.0 Å². The summed E-state index contributed by atoms with van der Waals surface area (Å²) in [7, 11) is -3.74. The predicted molar refractivity (Wildman–Crippen MR) is 126 cm³/mol. The van der Waals surface area contributed by atoms with Gasteiger partial charge in [-0.05, 0) is 72.4 Å². The van der Waals surface area contributed by atoms with Gasteiger partial charge >= 0.3 is 0 Å². The highest BCUT2D eigenvalue weighted by molar-refractivity contribution is 7.92. The number of aryl methyl sites for hydroxylation is 2. The van der Waals surface area contributed by atoms with Crippen LogP contribution < -0.4 is 10.0 Å². The van der Waals surface area contributed by atoms with E-state index in [1.54, 1.807) is 24.3 Å². The Morgan fingerprint density at radius 1 is 0.806 bits per heavy atom. The molecule has 5 nitrogen and oxygen atoms in total. The second-order valence-electron chi connectivity index (χ2n) is 8.68. The molecule has 6 heteroatoms. The molecule has 3 rings (SSSR count). The molecule has 0 aliphatic rings. The first-order valence-electron chi connectivity index (χ1n) is 10.1. The summed E-state index contributed by atoms with van der Waals surface area (Å²) in [4.78, 5) is 12.7. The van der Waals surface area contributed by atoms with Crippen molar-refractivity contribution in [2.75, 3.05) is 10.0 Å². The molecule has 0 radical (unpaired) electrons. The fourth-order valence-corrected chi connectivity index (χ4v) is 4.41. The van der Waals surface area contributed by atoms with E-state index in [1.807, 2.05) is 44.2 Å². The second kappa shape index (κ2) is 8.55. The van der Waals surface area contributed by atoms with Crippen LogP contribution >= 0.6 is 0 Å². The number of nitrogens with one attached hydrogen (secondary N) is 2. The topological polar surface area (TPSA) is 75.3 Å². The summed E-state index contributed by atoms with van der Waals surface area (Å²) in [6.45, 7) is 10.1.